The van der Waals surface area contributed by atoms with E-state index in [1.54, 1.807) is 0 Å². The van der Waals surface area contributed by atoms with Crippen molar-refractivity contribution in [1.82, 2.24) is 10.2 Å². The fourth-order valence-electron chi connectivity index (χ4n) is 3.84. The van der Waals surface area contributed by atoms with Gasteiger partial charge in [-0.05, 0) is 23.6 Å². The Morgan fingerprint density at radius 2 is 1.63 bits per heavy atom. The summed E-state index contributed by atoms with van der Waals surface area (Å²) >= 11 is 0. The predicted octanol–water partition coefficient (Wildman–Crippen LogP) is 4.37. The second-order valence-electron chi connectivity index (χ2n) is 7.70. The third kappa shape index (κ3) is 5.49. The Balaban J connectivity index is 1.34. The quantitative estimate of drug-likeness (QED) is 0.640. The van der Waals surface area contributed by atoms with Crippen LogP contribution in [0.3, 0.4) is 0 Å². The second-order valence-corrected chi connectivity index (χ2v) is 7.70. The van der Waals surface area contributed by atoms with Gasteiger partial charge in [-0.3, -0.25) is 9.69 Å². The number of benzene rings is 3. The number of amides is 1. The van der Waals surface area contributed by atoms with Gasteiger partial charge in [0.15, 0.2) is 0 Å². The van der Waals surface area contributed by atoms with Gasteiger partial charge in [-0.25, -0.2) is 0 Å². The molecule has 0 bridgehead atoms. The zero-order chi connectivity index (χ0) is 20.6. The molecule has 4 rings (SSSR count). The largest absolute Gasteiger partial charge is 0.484 e. The monoisotopic (exact) mass is 400 g/mol. The summed E-state index contributed by atoms with van der Waals surface area (Å²) in [6, 6.07) is 28.7. The Hall–Kier alpha value is -3.11. The molecule has 3 aromatic carbocycles. The van der Waals surface area contributed by atoms with Gasteiger partial charge < -0.3 is 10.1 Å². The normalized spacial score (nSPS) is 16.2. The van der Waals surface area contributed by atoms with E-state index in [2.05, 4.69) is 46.6 Å². The van der Waals surface area contributed by atoms with Crippen molar-refractivity contribution >= 4 is 5.91 Å². The molecule has 1 amide bonds. The van der Waals surface area contributed by atoms with Crippen molar-refractivity contribution < 1.29 is 9.53 Å². The molecule has 4 nitrogen and oxygen atoms in total. The van der Waals surface area contributed by atoms with Crippen LogP contribution in [0, 0.1) is 0 Å². The molecule has 154 valence electrons. The van der Waals surface area contributed by atoms with Crippen molar-refractivity contribution in [2.45, 2.75) is 25.5 Å². The maximum absolute atomic E-state index is 12.3. The van der Waals surface area contributed by atoms with Crippen molar-refractivity contribution in [3.8, 4) is 5.75 Å². The molecule has 3 aromatic rings. The Morgan fingerprint density at radius 1 is 0.933 bits per heavy atom. The molecule has 0 saturated heterocycles. The van der Waals surface area contributed by atoms with Gasteiger partial charge in [0.2, 0.25) is 5.91 Å². The first-order valence-corrected chi connectivity index (χ1v) is 10.6. The molecule has 1 aliphatic rings. The molecule has 4 heteroatoms. The highest BCUT2D eigenvalue weighted by molar-refractivity contribution is 5.76. The number of para-hydroxylation sites is 1. The first-order valence-electron chi connectivity index (χ1n) is 10.6. The first-order chi connectivity index (χ1) is 14.8. The van der Waals surface area contributed by atoms with Crippen LogP contribution in [-0.2, 0) is 17.8 Å². The maximum Gasteiger partial charge on any atom is 0.220 e. The number of fused-ring (bicyclic) bond motifs is 1. The highest BCUT2D eigenvalue weighted by Gasteiger charge is 2.23. The summed E-state index contributed by atoms with van der Waals surface area (Å²) in [4.78, 5) is 14.6. The fraction of sp³-hybridized carbons (Fsp3) is 0.269. The van der Waals surface area contributed by atoms with E-state index < -0.39 is 0 Å². The summed E-state index contributed by atoms with van der Waals surface area (Å²) < 4.78 is 6.36. The average molecular weight is 401 g/mol. The molecule has 1 unspecified atom stereocenters. The molecule has 1 N–H and O–H groups in total. The van der Waals surface area contributed by atoms with Gasteiger partial charge in [-0.1, -0.05) is 78.9 Å². The zero-order valence-corrected chi connectivity index (χ0v) is 17.2. The van der Waals surface area contributed by atoms with Crippen molar-refractivity contribution in [2.75, 3.05) is 19.6 Å². The number of hydrogen-bond acceptors (Lipinski definition) is 3. The van der Waals surface area contributed by atoms with Crippen LogP contribution in [0.5, 0.6) is 5.75 Å². The molecule has 1 atom stereocenters. The van der Waals surface area contributed by atoms with Crippen LogP contribution in [0.2, 0.25) is 0 Å². The van der Waals surface area contributed by atoms with Gasteiger partial charge in [0.25, 0.3) is 0 Å². The molecule has 0 aromatic heterocycles. The van der Waals surface area contributed by atoms with Gasteiger partial charge in [0, 0.05) is 38.2 Å². The van der Waals surface area contributed by atoms with E-state index in [-0.39, 0.29) is 12.0 Å². The Labute approximate surface area is 178 Å². The number of carbonyl (C=O) groups is 1. The lowest BCUT2D eigenvalue weighted by atomic mass is 10.1. The lowest BCUT2D eigenvalue weighted by Gasteiger charge is -2.24. The molecule has 0 fully saturated rings. The summed E-state index contributed by atoms with van der Waals surface area (Å²) in [7, 11) is 0. The molecule has 0 aliphatic carbocycles. The molecule has 0 radical (unpaired) electrons. The van der Waals surface area contributed by atoms with Crippen molar-refractivity contribution in [2.24, 2.45) is 0 Å². The number of rotatable bonds is 7. The van der Waals surface area contributed by atoms with E-state index >= 15 is 0 Å². The van der Waals surface area contributed by atoms with Crippen LogP contribution < -0.4 is 10.1 Å². The van der Waals surface area contributed by atoms with Crippen LogP contribution >= 0.6 is 0 Å². The topological polar surface area (TPSA) is 41.6 Å². The van der Waals surface area contributed by atoms with Crippen LogP contribution in [0.25, 0.3) is 0 Å². The summed E-state index contributed by atoms with van der Waals surface area (Å²) in [6.07, 6.45) is 1.26. The molecule has 1 aliphatic heterocycles. The summed E-state index contributed by atoms with van der Waals surface area (Å²) in [6.45, 7) is 3.04. The molecular weight excluding hydrogens is 372 g/mol. The highest BCUT2D eigenvalue weighted by atomic mass is 16.5. The molecule has 1 heterocycles. The predicted molar refractivity (Wildman–Crippen MR) is 119 cm³/mol. The summed E-state index contributed by atoms with van der Waals surface area (Å²) in [5.41, 5.74) is 3.55. The Kier molecular flexibility index (Phi) is 6.78. The average Bonchev–Trinajstić information content (AvgIpc) is 2.98. The highest BCUT2D eigenvalue weighted by Crippen LogP contribution is 2.30. The SMILES string of the molecule is O=C(CCc1ccccc1)NCCN1Cc2ccccc2OC(c2ccccc2)C1. The zero-order valence-electron chi connectivity index (χ0n) is 17.2. The van der Waals surface area contributed by atoms with E-state index in [4.69, 9.17) is 4.74 Å². The number of ether oxygens (including phenoxy) is 1. The number of carbonyl (C=O) groups excluding carboxylic acids is 1. The van der Waals surface area contributed by atoms with Crippen molar-refractivity contribution in [3.63, 3.8) is 0 Å². The number of hydrogen-bond donors (Lipinski definition) is 1. The van der Waals surface area contributed by atoms with E-state index in [0.29, 0.717) is 13.0 Å². The first kappa shape index (κ1) is 20.2. The van der Waals surface area contributed by atoms with Crippen LogP contribution in [0.4, 0.5) is 0 Å². The van der Waals surface area contributed by atoms with Crippen molar-refractivity contribution in [1.29, 1.82) is 0 Å². The van der Waals surface area contributed by atoms with Gasteiger partial charge in [0.05, 0.1) is 0 Å². The van der Waals surface area contributed by atoms with E-state index in [0.717, 1.165) is 31.8 Å². The lowest BCUT2D eigenvalue weighted by Crippen LogP contribution is -2.36. The van der Waals surface area contributed by atoms with Gasteiger partial charge in [-0.2, -0.15) is 0 Å². The minimum Gasteiger partial charge on any atom is -0.484 e. The van der Waals surface area contributed by atoms with Crippen molar-refractivity contribution in [3.05, 3.63) is 102 Å². The maximum atomic E-state index is 12.3. The van der Waals surface area contributed by atoms with Crippen LogP contribution in [0.1, 0.15) is 29.2 Å². The fourth-order valence-corrected chi connectivity index (χ4v) is 3.84. The molecule has 0 saturated carbocycles. The number of nitrogens with one attached hydrogen (secondary N) is 1. The Bertz CT molecular complexity index is 944. The summed E-state index contributed by atoms with van der Waals surface area (Å²) in [5.74, 6) is 1.05. The molecule has 0 spiro atoms. The van der Waals surface area contributed by atoms with Gasteiger partial charge >= 0.3 is 0 Å². The minimum absolute atomic E-state index is 0.0244. The van der Waals surface area contributed by atoms with Crippen LogP contribution in [-0.4, -0.2) is 30.4 Å². The standard InChI is InChI=1S/C26H28N2O2/c29-26(16-15-21-9-3-1-4-10-21)27-17-18-28-19-23-13-7-8-14-24(23)30-25(20-28)22-11-5-2-6-12-22/h1-14,25H,15-20H2,(H,27,29). The second kappa shape index (κ2) is 10.1. The van der Waals surface area contributed by atoms with E-state index in [9.17, 15) is 4.79 Å². The van der Waals surface area contributed by atoms with Gasteiger partial charge in [0.1, 0.15) is 11.9 Å². The molecule has 30 heavy (non-hydrogen) atoms. The third-order valence-electron chi connectivity index (χ3n) is 5.46. The summed E-state index contributed by atoms with van der Waals surface area (Å²) in [5, 5.41) is 3.08. The van der Waals surface area contributed by atoms with Crippen LogP contribution in [0.15, 0.2) is 84.9 Å². The number of aryl methyl sites for hydroxylation is 1. The van der Waals surface area contributed by atoms with E-state index in [1.807, 2.05) is 48.5 Å². The third-order valence-corrected chi connectivity index (χ3v) is 5.46. The van der Waals surface area contributed by atoms with E-state index in [1.165, 1.54) is 16.7 Å². The lowest BCUT2D eigenvalue weighted by molar-refractivity contribution is -0.121. The number of nitrogens with zero attached hydrogens (tertiary/aromatic N) is 1. The van der Waals surface area contributed by atoms with Gasteiger partial charge in [-0.15, -0.1) is 0 Å². The molecular formula is C26H28N2O2. The Morgan fingerprint density at radius 3 is 2.43 bits per heavy atom. The smallest absolute Gasteiger partial charge is 0.220 e. The minimum atomic E-state index is -0.0244.